The summed E-state index contributed by atoms with van der Waals surface area (Å²) >= 11 is 5.85. The minimum Gasteiger partial charge on any atom is -0.449 e. The smallest absolute Gasteiger partial charge is 0.375 e. The number of hydrogen-bond donors (Lipinski definition) is 1. The zero-order chi connectivity index (χ0) is 19.7. The molecule has 3 rings (SSSR count). The topological polar surface area (TPSA) is 68.5 Å². The van der Waals surface area contributed by atoms with Gasteiger partial charge in [0.25, 0.3) is 5.91 Å². The normalized spacial score (nSPS) is 12.0. The number of rotatable bonds is 4. The number of halogens is 4. The maximum absolute atomic E-state index is 13.6. The first-order chi connectivity index (χ1) is 12.8. The summed E-state index contributed by atoms with van der Waals surface area (Å²) in [6.07, 6.45) is -1.36. The first kappa shape index (κ1) is 18.8. The Kier molecular flexibility index (Phi) is 5.09. The molecule has 0 saturated carbocycles. The molecule has 27 heavy (non-hydrogen) atoms. The molecule has 140 valence electrons. The Labute approximate surface area is 155 Å². The number of carbonyl (C=O) groups is 2. The predicted molar refractivity (Wildman–Crippen MR) is 91.0 cm³/mol. The molecule has 1 amide bonds. The molecule has 1 aromatic heterocycles. The van der Waals surface area contributed by atoms with Crippen molar-refractivity contribution < 1.29 is 31.9 Å². The molecule has 0 aliphatic heterocycles. The third-order valence-electron chi connectivity index (χ3n) is 3.63. The molecule has 0 fully saturated rings. The van der Waals surface area contributed by atoms with E-state index in [1.807, 2.05) is 5.32 Å². The van der Waals surface area contributed by atoms with Crippen molar-refractivity contribution in [2.45, 2.75) is 13.0 Å². The van der Waals surface area contributed by atoms with E-state index in [-0.39, 0.29) is 5.76 Å². The Morgan fingerprint density at radius 2 is 1.85 bits per heavy atom. The highest BCUT2D eigenvalue weighted by Gasteiger charge is 2.23. The van der Waals surface area contributed by atoms with Gasteiger partial charge in [-0.15, -0.1) is 0 Å². The standard InChI is InChI=1S/C18H11ClF3NO4/c1-8(17(24)23-12-4-3-11(20)15(21)16(12)22)26-18(25)14-7-9-6-10(19)2-5-13(9)27-14/h2-8H,1H3,(H,23,24)/t8-/m0/s1. The number of nitrogens with one attached hydrogen (secondary N) is 1. The van der Waals surface area contributed by atoms with Crippen molar-refractivity contribution >= 4 is 40.1 Å². The third kappa shape index (κ3) is 3.90. The first-order valence-electron chi connectivity index (χ1n) is 7.60. The highest BCUT2D eigenvalue weighted by atomic mass is 35.5. The van der Waals surface area contributed by atoms with E-state index in [1.165, 1.54) is 13.0 Å². The van der Waals surface area contributed by atoms with Crippen LogP contribution in [0.5, 0.6) is 0 Å². The molecule has 2 aromatic carbocycles. The van der Waals surface area contributed by atoms with Gasteiger partial charge in [0.05, 0.1) is 5.69 Å². The Balaban J connectivity index is 1.70. The summed E-state index contributed by atoms with van der Waals surface area (Å²) in [6.45, 7) is 1.23. The summed E-state index contributed by atoms with van der Waals surface area (Å²) in [5, 5.41) is 3.04. The van der Waals surface area contributed by atoms with Gasteiger partial charge in [-0.25, -0.2) is 18.0 Å². The van der Waals surface area contributed by atoms with Crippen molar-refractivity contribution in [3.05, 3.63) is 64.6 Å². The number of benzene rings is 2. The molecule has 0 unspecified atom stereocenters. The largest absolute Gasteiger partial charge is 0.449 e. The van der Waals surface area contributed by atoms with Crippen molar-refractivity contribution in [2.24, 2.45) is 0 Å². The summed E-state index contributed by atoms with van der Waals surface area (Å²) in [7, 11) is 0. The maximum Gasteiger partial charge on any atom is 0.375 e. The van der Waals surface area contributed by atoms with E-state index in [4.69, 9.17) is 20.8 Å². The molecule has 5 nitrogen and oxygen atoms in total. The van der Waals surface area contributed by atoms with Crippen LogP contribution < -0.4 is 5.32 Å². The lowest BCUT2D eigenvalue weighted by Crippen LogP contribution is -2.30. The van der Waals surface area contributed by atoms with Crippen LogP contribution in [0.25, 0.3) is 11.0 Å². The average molecular weight is 398 g/mol. The zero-order valence-electron chi connectivity index (χ0n) is 13.7. The number of amides is 1. The average Bonchev–Trinajstić information content (AvgIpc) is 3.05. The van der Waals surface area contributed by atoms with Gasteiger partial charge in [0.15, 0.2) is 23.6 Å². The van der Waals surface area contributed by atoms with Crippen LogP contribution >= 0.6 is 11.6 Å². The van der Waals surface area contributed by atoms with Gasteiger partial charge >= 0.3 is 5.97 Å². The third-order valence-corrected chi connectivity index (χ3v) is 3.86. The van der Waals surface area contributed by atoms with Crippen LogP contribution in [0, 0.1) is 17.5 Å². The van der Waals surface area contributed by atoms with Crippen LogP contribution in [-0.4, -0.2) is 18.0 Å². The van der Waals surface area contributed by atoms with E-state index in [0.717, 1.165) is 6.07 Å². The lowest BCUT2D eigenvalue weighted by Gasteiger charge is -2.13. The summed E-state index contributed by atoms with van der Waals surface area (Å²) in [5.74, 6) is -6.71. The quantitative estimate of drug-likeness (QED) is 0.512. The van der Waals surface area contributed by atoms with E-state index < -0.39 is 41.1 Å². The van der Waals surface area contributed by atoms with Gasteiger partial charge in [-0.2, -0.15) is 0 Å². The predicted octanol–water partition coefficient (Wildman–Crippen LogP) is 4.69. The van der Waals surface area contributed by atoms with Crippen molar-refractivity contribution in [3.8, 4) is 0 Å². The molecule has 0 aliphatic rings. The minimum absolute atomic E-state index is 0.161. The number of ether oxygens (including phenoxy) is 1. The molecule has 0 spiro atoms. The summed E-state index contributed by atoms with van der Waals surface area (Å²) in [5.41, 5.74) is -0.188. The monoisotopic (exact) mass is 397 g/mol. The highest BCUT2D eigenvalue weighted by Crippen LogP contribution is 2.24. The molecule has 0 saturated heterocycles. The van der Waals surface area contributed by atoms with Gasteiger partial charge in [-0.3, -0.25) is 4.79 Å². The minimum atomic E-state index is -1.72. The van der Waals surface area contributed by atoms with Crippen LogP contribution in [0.1, 0.15) is 17.5 Å². The van der Waals surface area contributed by atoms with Gasteiger partial charge in [-0.1, -0.05) is 11.6 Å². The second-order valence-corrected chi connectivity index (χ2v) is 5.99. The molecule has 9 heteroatoms. The van der Waals surface area contributed by atoms with E-state index in [9.17, 15) is 22.8 Å². The number of anilines is 1. The fraction of sp³-hybridized carbons (Fsp3) is 0.111. The molecular weight excluding hydrogens is 387 g/mol. The summed E-state index contributed by atoms with van der Waals surface area (Å²) in [4.78, 5) is 24.1. The Hall–Kier alpha value is -3.00. The number of fused-ring (bicyclic) bond motifs is 1. The first-order valence-corrected chi connectivity index (χ1v) is 7.98. The molecule has 0 bridgehead atoms. The fourth-order valence-electron chi connectivity index (χ4n) is 2.24. The van der Waals surface area contributed by atoms with Crippen LogP contribution in [-0.2, 0) is 9.53 Å². The molecule has 0 radical (unpaired) electrons. The fourth-order valence-corrected chi connectivity index (χ4v) is 2.42. The molecule has 3 aromatic rings. The van der Waals surface area contributed by atoms with Gasteiger partial charge in [0, 0.05) is 10.4 Å². The van der Waals surface area contributed by atoms with Crippen LogP contribution in [0.4, 0.5) is 18.9 Å². The Bertz CT molecular complexity index is 1050. The Morgan fingerprint density at radius 3 is 2.59 bits per heavy atom. The van der Waals surface area contributed by atoms with Gasteiger partial charge in [0.1, 0.15) is 5.58 Å². The number of esters is 1. The Morgan fingerprint density at radius 1 is 1.11 bits per heavy atom. The SMILES string of the molecule is C[C@H](OC(=O)c1cc2cc(Cl)ccc2o1)C(=O)Nc1ccc(F)c(F)c1F. The summed E-state index contributed by atoms with van der Waals surface area (Å²) in [6, 6.07) is 7.63. The highest BCUT2D eigenvalue weighted by molar-refractivity contribution is 6.31. The van der Waals surface area contributed by atoms with Crippen molar-refractivity contribution in [1.82, 2.24) is 0 Å². The van der Waals surface area contributed by atoms with Crippen LogP contribution in [0.15, 0.2) is 40.8 Å². The van der Waals surface area contributed by atoms with E-state index in [1.54, 1.807) is 18.2 Å². The van der Waals surface area contributed by atoms with Crippen molar-refractivity contribution in [1.29, 1.82) is 0 Å². The molecular formula is C18H11ClF3NO4. The number of furan rings is 1. The van der Waals surface area contributed by atoms with Crippen LogP contribution in [0.3, 0.4) is 0 Å². The molecule has 0 aliphatic carbocycles. The van der Waals surface area contributed by atoms with Crippen molar-refractivity contribution in [2.75, 3.05) is 5.32 Å². The zero-order valence-corrected chi connectivity index (χ0v) is 14.4. The van der Waals surface area contributed by atoms with Gasteiger partial charge in [-0.05, 0) is 43.3 Å². The second-order valence-electron chi connectivity index (χ2n) is 5.55. The molecule has 1 N–H and O–H groups in total. The van der Waals surface area contributed by atoms with E-state index in [2.05, 4.69) is 0 Å². The lowest BCUT2D eigenvalue weighted by molar-refractivity contribution is -0.123. The molecule has 1 heterocycles. The van der Waals surface area contributed by atoms with Gasteiger partial charge < -0.3 is 14.5 Å². The van der Waals surface area contributed by atoms with E-state index >= 15 is 0 Å². The second kappa shape index (κ2) is 7.32. The number of carbonyl (C=O) groups excluding carboxylic acids is 2. The van der Waals surface area contributed by atoms with Gasteiger partial charge in [0.2, 0.25) is 5.76 Å². The van der Waals surface area contributed by atoms with Crippen LogP contribution in [0.2, 0.25) is 5.02 Å². The van der Waals surface area contributed by atoms with E-state index in [0.29, 0.717) is 22.1 Å². The maximum atomic E-state index is 13.6. The number of hydrogen-bond acceptors (Lipinski definition) is 4. The lowest BCUT2D eigenvalue weighted by atomic mass is 10.2. The summed E-state index contributed by atoms with van der Waals surface area (Å²) < 4.78 is 50.0. The molecule has 1 atom stereocenters. The van der Waals surface area contributed by atoms with Crippen molar-refractivity contribution in [3.63, 3.8) is 0 Å².